The van der Waals surface area contributed by atoms with E-state index in [-0.39, 0.29) is 101 Å². The largest absolute Gasteiger partial charge is 0.506 e. The summed E-state index contributed by atoms with van der Waals surface area (Å²) < 4.78 is 76.8. The quantitative estimate of drug-likeness (QED) is 0.0166. The number of methoxy groups -OCH3 is 1. The van der Waals surface area contributed by atoms with E-state index in [0.717, 1.165) is 156 Å². The molecular weight excluding hydrogens is 1820 g/mol. The number of carbonyl (C=O) groups excluding carboxylic acids is 4. The number of nitrogens with one attached hydrogen (secondary N) is 4. The van der Waals surface area contributed by atoms with Crippen LogP contribution in [0.25, 0.3) is 45.0 Å². The number of phenols is 1. The van der Waals surface area contributed by atoms with Crippen molar-refractivity contribution in [1.82, 2.24) is 39.9 Å². The van der Waals surface area contributed by atoms with E-state index >= 15 is 0 Å². The zero-order valence-electron chi connectivity index (χ0n) is 72.9. The summed E-state index contributed by atoms with van der Waals surface area (Å²) in [4.78, 5) is 90.8. The number of allylic oxidation sites excluding steroid dienone is 4. The third-order valence-corrected chi connectivity index (χ3v) is 23.9. The van der Waals surface area contributed by atoms with Crippen molar-refractivity contribution in [2.75, 3.05) is 100 Å². The van der Waals surface area contributed by atoms with Crippen LogP contribution >= 0.6 is 58.0 Å². The lowest BCUT2D eigenvalue weighted by molar-refractivity contribution is -0.114. The second-order valence-corrected chi connectivity index (χ2v) is 33.8. The molecule has 12 aromatic rings. The first-order valence-corrected chi connectivity index (χ1v) is 45.2. The Morgan fingerprint density at radius 2 is 0.604 bits per heavy atom. The van der Waals surface area contributed by atoms with Crippen molar-refractivity contribution in [2.24, 2.45) is 0 Å². The molecule has 4 aliphatic heterocycles. The van der Waals surface area contributed by atoms with Gasteiger partial charge in [0.2, 0.25) is 23.8 Å². The van der Waals surface area contributed by atoms with Gasteiger partial charge in [-0.1, -0.05) is 91.7 Å². The highest BCUT2D eigenvalue weighted by atomic mass is 35.5. The number of hydrogen-bond acceptors (Lipinski definition) is 22. The fraction of sp³-hybridized carbons (Fsp3) is 0.255. The molecule has 0 radical (unpaired) electrons. The van der Waals surface area contributed by atoms with Crippen LogP contribution in [-0.2, 0) is 44.9 Å². The average Bonchev–Trinajstić information content (AvgIpc) is 0.812. The first-order chi connectivity index (χ1) is 64.3. The molecule has 5 N–H and O–H groups in total. The molecule has 22 nitrogen and oxygen atoms in total. The summed E-state index contributed by atoms with van der Waals surface area (Å²) in [6, 6.07) is 39.3. The van der Waals surface area contributed by atoms with Crippen molar-refractivity contribution < 1.29 is 51.0 Å². The molecule has 4 aliphatic rings. The summed E-state index contributed by atoms with van der Waals surface area (Å²) >= 11 is 31.8. The summed E-state index contributed by atoms with van der Waals surface area (Å²) in [6.07, 6.45) is 23.9. The van der Waals surface area contributed by atoms with Crippen LogP contribution < -0.4 is 45.6 Å². The maximum atomic E-state index is 14.4. The van der Waals surface area contributed by atoms with Crippen molar-refractivity contribution >= 4 is 150 Å². The van der Waals surface area contributed by atoms with Gasteiger partial charge in [0.05, 0.1) is 103 Å². The molecule has 0 bridgehead atoms. The van der Waals surface area contributed by atoms with Crippen molar-refractivity contribution in [3.63, 3.8) is 0 Å². The van der Waals surface area contributed by atoms with E-state index < -0.39 is 23.3 Å². The average molecular weight is 1920 g/mol. The minimum Gasteiger partial charge on any atom is -0.506 e. The highest BCUT2D eigenvalue weighted by Crippen LogP contribution is 2.41. The zero-order valence-corrected chi connectivity index (χ0v) is 76.7. The minimum atomic E-state index is -0.492. The van der Waals surface area contributed by atoms with E-state index in [1.807, 2.05) is 47.4 Å². The molecule has 8 heterocycles. The van der Waals surface area contributed by atoms with E-state index in [4.69, 9.17) is 62.7 Å². The Bertz CT molecular complexity index is 5850. The fourth-order valence-electron chi connectivity index (χ4n) is 15.6. The van der Waals surface area contributed by atoms with Gasteiger partial charge in [0.15, 0.2) is 23.1 Å². The van der Waals surface area contributed by atoms with Gasteiger partial charge in [-0.2, -0.15) is 0 Å². The molecular formula is C102H100Cl5F5N16O6. The van der Waals surface area contributed by atoms with Crippen molar-refractivity contribution in [1.29, 1.82) is 0 Å². The lowest BCUT2D eigenvalue weighted by atomic mass is 10.0. The number of hydrogen-bond donors (Lipinski definition) is 5. The lowest BCUT2D eigenvalue weighted by Gasteiger charge is -2.30. The van der Waals surface area contributed by atoms with E-state index in [1.165, 1.54) is 92.6 Å². The molecule has 0 amide bonds. The highest BCUT2D eigenvalue weighted by Gasteiger charge is 2.25. The standard InChI is InChI=1S/C26H26ClFN4O2.C25H23Cl2FN4O.C25H23ClF2N4O.C25H24ClFN4O2.CH4/c1-3-20(33)14-18-13-17(7-9-22(18)28)25-21(27)16-29-26(31-25)30-19-8-10-24(34-2)23(15-19)32-11-5-4-6-12-32;1-2-19(33)13-17-12-16(6-9-22(17)28)24-21(27)15-29-25(31-24)30-18-7-8-20(26)23(14-18)32-10-4-3-5-11-32;1-2-19(33)13-17-12-16(6-8-21(17)27)24-20(26)15-29-25(31-24)30-18-7-9-22(28)23(14-18)32-10-4-3-5-11-32;1-2-19(32)13-17-12-16(6-8-21(17)27)24-20(26)15-28-25(30-24)29-18-7-9-23(33)22(14-18)31-10-4-3-5-11-31;/h3,7-10,13,15-16H,1,4-6,11-12,14H2,2H3,(H,29,30,31);2*2,6-9,12,14-15H,1,3-5,10-11,13H2,(H,29,30,31);2,6-9,12,14-15,33H,1,3-5,10-11,13H2,(H,28,29,30);1H4. The summed E-state index contributed by atoms with van der Waals surface area (Å²) in [6.45, 7) is 21.1. The topological polar surface area (TPSA) is 262 Å². The van der Waals surface area contributed by atoms with Crippen molar-refractivity contribution in [3.8, 4) is 56.5 Å². The second-order valence-electron chi connectivity index (χ2n) is 31.8. The first kappa shape index (κ1) is 99.8. The molecule has 694 valence electrons. The van der Waals surface area contributed by atoms with Gasteiger partial charge in [0.25, 0.3) is 0 Å². The smallest absolute Gasteiger partial charge is 0.227 e. The van der Waals surface area contributed by atoms with Crippen LogP contribution in [0.15, 0.2) is 221 Å². The Kier molecular flexibility index (Phi) is 35.7. The van der Waals surface area contributed by atoms with Crippen LogP contribution in [0.5, 0.6) is 11.5 Å². The number of halogens is 10. The van der Waals surface area contributed by atoms with Crippen LogP contribution in [0.3, 0.4) is 0 Å². The van der Waals surface area contributed by atoms with Gasteiger partial charge in [0, 0.05) is 123 Å². The van der Waals surface area contributed by atoms with Crippen LogP contribution in [-0.4, -0.2) is 128 Å². The van der Waals surface area contributed by atoms with E-state index in [9.17, 15) is 46.2 Å². The number of carbonyl (C=O) groups is 4. The number of nitrogens with zero attached hydrogens (tertiary/aromatic N) is 12. The number of ketones is 4. The van der Waals surface area contributed by atoms with Gasteiger partial charge in [-0.3, -0.25) is 19.2 Å². The predicted molar refractivity (Wildman–Crippen MR) is 528 cm³/mol. The maximum Gasteiger partial charge on any atom is 0.227 e. The van der Waals surface area contributed by atoms with Gasteiger partial charge in [-0.15, -0.1) is 0 Å². The molecule has 4 fully saturated rings. The molecule has 0 atom stereocenters. The SMILES string of the molecule is C.C=CC(=O)Cc1cc(-c2nc(Nc3ccc(Cl)c(N4CCCCC4)c3)ncc2Cl)ccc1F.C=CC(=O)Cc1cc(-c2nc(Nc3ccc(F)c(N4CCCCC4)c3)ncc2Cl)ccc1F.C=CC(=O)Cc1cc(-c2nc(Nc3ccc(O)c(N4CCCCC4)c3)ncc2Cl)ccc1F.C=CC(=O)Cc1cc(-c2nc(Nc3ccc(OC)c(N4CCCCC4)c3)ncc2Cl)ccc1F. The monoisotopic (exact) mass is 1910 g/mol. The van der Waals surface area contributed by atoms with Gasteiger partial charge in [-0.05, 0) is 269 Å². The van der Waals surface area contributed by atoms with Crippen LogP contribution in [0.1, 0.15) is 107 Å². The van der Waals surface area contributed by atoms with Crippen LogP contribution in [0, 0.1) is 29.1 Å². The van der Waals surface area contributed by atoms with Crippen LogP contribution in [0.2, 0.25) is 25.1 Å². The van der Waals surface area contributed by atoms with Crippen molar-refractivity contribution in [3.05, 3.63) is 297 Å². The zero-order chi connectivity index (χ0) is 94.2. The molecule has 134 heavy (non-hydrogen) atoms. The van der Waals surface area contributed by atoms with Gasteiger partial charge < -0.3 is 50.7 Å². The fourth-order valence-corrected chi connectivity index (χ4v) is 16.6. The molecule has 8 aromatic carbocycles. The summed E-state index contributed by atoms with van der Waals surface area (Å²) in [5, 5.41) is 24.9. The van der Waals surface area contributed by atoms with Gasteiger partial charge in [0.1, 0.15) is 40.6 Å². The Hall–Kier alpha value is -13.2. The molecule has 0 unspecified atom stereocenters. The van der Waals surface area contributed by atoms with Gasteiger partial charge in [-0.25, -0.2) is 61.8 Å². The molecule has 4 saturated heterocycles. The lowest BCUT2D eigenvalue weighted by Crippen LogP contribution is -2.30. The Morgan fingerprint density at radius 3 is 0.925 bits per heavy atom. The number of anilines is 12. The molecule has 0 spiro atoms. The molecule has 0 aliphatic carbocycles. The molecule has 0 saturated carbocycles. The van der Waals surface area contributed by atoms with E-state index in [0.29, 0.717) is 94.3 Å². The van der Waals surface area contributed by atoms with Crippen LogP contribution in [0.4, 0.5) is 91.2 Å². The minimum absolute atomic E-state index is 0. The number of aromatic hydroxyl groups is 1. The van der Waals surface area contributed by atoms with E-state index in [2.05, 4.69) is 102 Å². The number of phenolic OH excluding ortho intramolecular Hbond substituents is 1. The Balaban J connectivity index is 0.000000161. The highest BCUT2D eigenvalue weighted by molar-refractivity contribution is 6.34. The normalized spacial score (nSPS) is 13.5. The molecule has 16 rings (SSSR count). The Labute approximate surface area is 800 Å². The second kappa shape index (κ2) is 48.0. The Morgan fingerprint density at radius 1 is 0.343 bits per heavy atom. The number of benzene rings is 8. The molecule has 32 heteroatoms. The third kappa shape index (κ3) is 26.6. The third-order valence-electron chi connectivity index (χ3n) is 22.5. The molecule has 4 aromatic heterocycles. The number of rotatable bonds is 29. The maximum absolute atomic E-state index is 14.4. The van der Waals surface area contributed by atoms with Gasteiger partial charge >= 0.3 is 0 Å². The number of ether oxygens (including phenoxy) is 1. The number of piperidine rings is 4. The predicted octanol–water partition coefficient (Wildman–Crippen LogP) is 25.0. The summed E-state index contributed by atoms with van der Waals surface area (Å²) in [5.74, 6) is -0.976. The van der Waals surface area contributed by atoms with Crippen molar-refractivity contribution in [2.45, 2.75) is 110 Å². The summed E-state index contributed by atoms with van der Waals surface area (Å²) in [5.41, 5.74) is 11.2. The van der Waals surface area contributed by atoms with E-state index in [1.54, 1.807) is 79.9 Å². The number of aromatic nitrogens is 8. The summed E-state index contributed by atoms with van der Waals surface area (Å²) in [7, 11) is 1.67. The first-order valence-electron chi connectivity index (χ1n) is 43.4.